The Morgan fingerprint density at radius 2 is 2.00 bits per heavy atom. The Bertz CT molecular complexity index is 743. The summed E-state index contributed by atoms with van der Waals surface area (Å²) in [6.45, 7) is 5.80. The molecule has 5 heteroatoms. The molecule has 1 fully saturated rings. The zero-order chi connectivity index (χ0) is 16.0. The molecule has 1 aliphatic heterocycles. The molecule has 3 heterocycles. The first kappa shape index (κ1) is 14.7. The summed E-state index contributed by atoms with van der Waals surface area (Å²) in [4.78, 5) is 22.0. The maximum atomic E-state index is 12.9. The van der Waals surface area contributed by atoms with Crippen LogP contribution < -0.4 is 0 Å². The van der Waals surface area contributed by atoms with Crippen molar-refractivity contribution >= 4 is 11.6 Å². The quantitative estimate of drug-likeness (QED) is 0.802. The second-order valence-electron chi connectivity index (χ2n) is 7.01. The van der Waals surface area contributed by atoms with Crippen molar-refractivity contribution in [2.45, 2.75) is 26.2 Å². The van der Waals surface area contributed by atoms with Crippen molar-refractivity contribution in [3.63, 3.8) is 0 Å². The lowest BCUT2D eigenvalue weighted by atomic mass is 9.88. The molecule has 4 rings (SSSR count). The largest absolute Gasteiger partial charge is 0.340 e. The van der Waals surface area contributed by atoms with Crippen LogP contribution in [-0.4, -0.2) is 58.3 Å². The first-order valence-corrected chi connectivity index (χ1v) is 8.55. The molecule has 1 amide bonds. The Kier molecular flexibility index (Phi) is 3.60. The Balaban J connectivity index is 1.57. The molecule has 0 aromatic carbocycles. The molecular formula is C18H24N4O. The van der Waals surface area contributed by atoms with Gasteiger partial charge in [-0.3, -0.25) is 4.79 Å². The molecule has 0 saturated carbocycles. The SMILES string of the molecule is Cc1ccc2nc3c(n2c1)CC(C(=O)N1CCN(C)CC1)CC3. The van der Waals surface area contributed by atoms with Crippen molar-refractivity contribution in [3.8, 4) is 0 Å². The predicted molar refractivity (Wildman–Crippen MR) is 89.5 cm³/mol. The lowest BCUT2D eigenvalue weighted by Crippen LogP contribution is -2.49. The summed E-state index contributed by atoms with van der Waals surface area (Å²) in [5.41, 5.74) is 4.65. The van der Waals surface area contributed by atoms with Gasteiger partial charge in [0.05, 0.1) is 5.69 Å². The molecular weight excluding hydrogens is 288 g/mol. The summed E-state index contributed by atoms with van der Waals surface area (Å²) in [5.74, 6) is 0.456. The van der Waals surface area contributed by atoms with E-state index in [1.54, 1.807) is 0 Å². The van der Waals surface area contributed by atoms with E-state index in [1.165, 1.54) is 17.0 Å². The van der Waals surface area contributed by atoms with E-state index >= 15 is 0 Å². The number of aromatic nitrogens is 2. The molecule has 5 nitrogen and oxygen atoms in total. The molecule has 23 heavy (non-hydrogen) atoms. The average molecular weight is 312 g/mol. The fourth-order valence-electron chi connectivity index (χ4n) is 3.81. The number of hydrogen-bond donors (Lipinski definition) is 0. The van der Waals surface area contributed by atoms with Crippen LogP contribution in [0.15, 0.2) is 18.3 Å². The van der Waals surface area contributed by atoms with E-state index in [0.29, 0.717) is 5.91 Å². The average Bonchev–Trinajstić information content (AvgIpc) is 2.92. The number of fused-ring (bicyclic) bond motifs is 3. The summed E-state index contributed by atoms with van der Waals surface area (Å²) in [6.07, 6.45) is 4.82. The number of piperazine rings is 1. The molecule has 0 bridgehead atoms. The van der Waals surface area contributed by atoms with Gasteiger partial charge < -0.3 is 14.2 Å². The van der Waals surface area contributed by atoms with Gasteiger partial charge in [0.2, 0.25) is 5.91 Å². The first-order valence-electron chi connectivity index (χ1n) is 8.55. The summed E-state index contributed by atoms with van der Waals surface area (Å²) >= 11 is 0. The number of aryl methyl sites for hydroxylation is 2. The number of likely N-dealkylation sites (N-methyl/N-ethyl adjacent to an activating group) is 1. The molecule has 0 radical (unpaired) electrons. The third-order valence-corrected chi connectivity index (χ3v) is 5.28. The molecule has 0 spiro atoms. The zero-order valence-electron chi connectivity index (χ0n) is 14.0. The molecule has 2 aromatic heterocycles. The van der Waals surface area contributed by atoms with Gasteiger partial charge >= 0.3 is 0 Å². The van der Waals surface area contributed by atoms with Crippen LogP contribution in [0.4, 0.5) is 0 Å². The second-order valence-corrected chi connectivity index (χ2v) is 7.01. The Morgan fingerprint density at radius 3 is 2.78 bits per heavy atom. The van der Waals surface area contributed by atoms with E-state index in [4.69, 9.17) is 4.98 Å². The van der Waals surface area contributed by atoms with E-state index < -0.39 is 0 Å². The van der Waals surface area contributed by atoms with Crippen LogP contribution in [0, 0.1) is 12.8 Å². The van der Waals surface area contributed by atoms with Gasteiger partial charge in [-0.15, -0.1) is 0 Å². The minimum absolute atomic E-state index is 0.117. The van der Waals surface area contributed by atoms with E-state index in [-0.39, 0.29) is 5.92 Å². The van der Waals surface area contributed by atoms with Gasteiger partial charge in [-0.25, -0.2) is 4.98 Å². The van der Waals surface area contributed by atoms with Crippen molar-refractivity contribution in [1.82, 2.24) is 19.2 Å². The standard InChI is InChI=1S/C18H24N4O/c1-13-3-6-17-19-15-5-4-14(11-16(15)22(17)12-13)18(23)21-9-7-20(2)8-10-21/h3,6,12,14H,4-5,7-11H2,1-2H3. The van der Waals surface area contributed by atoms with Gasteiger partial charge in [0.1, 0.15) is 5.65 Å². The van der Waals surface area contributed by atoms with Crippen LogP contribution in [0.3, 0.4) is 0 Å². The number of rotatable bonds is 1. The summed E-state index contributed by atoms with van der Waals surface area (Å²) in [6, 6.07) is 4.17. The van der Waals surface area contributed by atoms with Crippen LogP contribution in [0.25, 0.3) is 5.65 Å². The minimum Gasteiger partial charge on any atom is -0.340 e. The molecule has 1 saturated heterocycles. The fourth-order valence-corrected chi connectivity index (χ4v) is 3.81. The van der Waals surface area contributed by atoms with Gasteiger partial charge in [0.15, 0.2) is 0 Å². The van der Waals surface area contributed by atoms with Crippen molar-refractivity contribution in [2.75, 3.05) is 33.2 Å². The van der Waals surface area contributed by atoms with Crippen molar-refractivity contribution < 1.29 is 4.79 Å². The molecule has 1 aliphatic carbocycles. The van der Waals surface area contributed by atoms with Crippen LogP contribution in [0.2, 0.25) is 0 Å². The van der Waals surface area contributed by atoms with Crippen molar-refractivity contribution in [1.29, 1.82) is 0 Å². The van der Waals surface area contributed by atoms with Gasteiger partial charge in [0.25, 0.3) is 0 Å². The van der Waals surface area contributed by atoms with E-state index in [9.17, 15) is 4.79 Å². The Hall–Kier alpha value is -1.88. The molecule has 1 unspecified atom stereocenters. The molecule has 122 valence electrons. The second kappa shape index (κ2) is 5.64. The van der Waals surface area contributed by atoms with Gasteiger partial charge in [-0.1, -0.05) is 6.07 Å². The number of carbonyl (C=O) groups excluding carboxylic acids is 1. The van der Waals surface area contributed by atoms with E-state index in [0.717, 1.165) is 51.1 Å². The Morgan fingerprint density at radius 1 is 1.22 bits per heavy atom. The number of nitrogens with zero attached hydrogens (tertiary/aromatic N) is 4. The normalized spacial score (nSPS) is 22.3. The smallest absolute Gasteiger partial charge is 0.226 e. The lowest BCUT2D eigenvalue weighted by Gasteiger charge is -2.35. The number of imidazole rings is 1. The van der Waals surface area contributed by atoms with Crippen molar-refractivity contribution in [2.24, 2.45) is 5.92 Å². The number of pyridine rings is 1. The number of amides is 1. The summed E-state index contributed by atoms with van der Waals surface area (Å²) in [7, 11) is 2.12. The van der Waals surface area contributed by atoms with E-state index in [1.807, 2.05) is 0 Å². The highest BCUT2D eigenvalue weighted by Crippen LogP contribution is 2.28. The van der Waals surface area contributed by atoms with Crippen molar-refractivity contribution in [3.05, 3.63) is 35.3 Å². The third-order valence-electron chi connectivity index (χ3n) is 5.28. The van der Waals surface area contributed by atoms with Crippen LogP contribution in [-0.2, 0) is 17.6 Å². The molecule has 2 aliphatic rings. The van der Waals surface area contributed by atoms with Crippen LogP contribution in [0.5, 0.6) is 0 Å². The lowest BCUT2D eigenvalue weighted by molar-refractivity contribution is -0.137. The third kappa shape index (κ3) is 2.63. The first-order chi connectivity index (χ1) is 11.1. The van der Waals surface area contributed by atoms with Gasteiger partial charge in [-0.05, 0) is 38.4 Å². The van der Waals surface area contributed by atoms with Crippen LogP contribution in [0.1, 0.15) is 23.4 Å². The molecule has 0 N–H and O–H groups in total. The highest BCUT2D eigenvalue weighted by atomic mass is 16.2. The summed E-state index contributed by atoms with van der Waals surface area (Å²) < 4.78 is 2.19. The summed E-state index contributed by atoms with van der Waals surface area (Å²) in [5, 5.41) is 0. The number of carbonyl (C=O) groups is 1. The zero-order valence-corrected chi connectivity index (χ0v) is 14.0. The van der Waals surface area contributed by atoms with Crippen LogP contribution >= 0.6 is 0 Å². The predicted octanol–water partition coefficient (Wildman–Crippen LogP) is 1.52. The maximum absolute atomic E-state index is 12.9. The minimum atomic E-state index is 0.117. The molecule has 1 atom stereocenters. The highest BCUT2D eigenvalue weighted by Gasteiger charge is 2.31. The Labute approximate surface area is 136 Å². The monoisotopic (exact) mass is 312 g/mol. The molecule has 2 aromatic rings. The highest BCUT2D eigenvalue weighted by molar-refractivity contribution is 5.79. The maximum Gasteiger partial charge on any atom is 0.226 e. The van der Waals surface area contributed by atoms with Gasteiger partial charge in [0, 0.05) is 50.4 Å². The fraction of sp³-hybridized carbons (Fsp3) is 0.556. The topological polar surface area (TPSA) is 40.9 Å². The van der Waals surface area contributed by atoms with Gasteiger partial charge in [-0.2, -0.15) is 0 Å². The number of hydrogen-bond acceptors (Lipinski definition) is 3. The van der Waals surface area contributed by atoms with E-state index in [2.05, 4.69) is 46.5 Å².